The lowest BCUT2D eigenvalue weighted by molar-refractivity contribution is -0.605. The Labute approximate surface area is 166 Å². The van der Waals surface area contributed by atoms with Gasteiger partial charge in [0.15, 0.2) is 12.4 Å². The van der Waals surface area contributed by atoms with Crippen LogP contribution in [0.5, 0.6) is 0 Å². The van der Waals surface area contributed by atoms with Crippen molar-refractivity contribution < 1.29 is 13.9 Å². The average molecular weight is 397 g/mol. The molecule has 1 aromatic carbocycles. The molecule has 144 valence electrons. The van der Waals surface area contributed by atoms with E-state index in [9.17, 15) is 14.4 Å². The van der Waals surface area contributed by atoms with Crippen LogP contribution in [0.1, 0.15) is 15.2 Å². The Balaban J connectivity index is 1.34. The number of amides is 1. The van der Waals surface area contributed by atoms with E-state index in [1.54, 1.807) is 35.6 Å². The van der Waals surface area contributed by atoms with Crippen LogP contribution >= 0.6 is 11.3 Å². The minimum atomic E-state index is -0.202. The first kappa shape index (κ1) is 18.6. The van der Waals surface area contributed by atoms with Crippen molar-refractivity contribution in [1.29, 1.82) is 0 Å². The third kappa shape index (κ3) is 4.05. The second-order valence-electron chi connectivity index (χ2n) is 6.76. The molecule has 2 aromatic heterocycles. The number of benzene rings is 1. The van der Waals surface area contributed by atoms with E-state index in [4.69, 9.17) is 0 Å². The fourth-order valence-corrected chi connectivity index (χ4v) is 4.41. The Morgan fingerprint density at radius 1 is 1.04 bits per heavy atom. The summed E-state index contributed by atoms with van der Waals surface area (Å²) in [5.41, 5.74) is 1.17. The van der Waals surface area contributed by atoms with Gasteiger partial charge in [0.25, 0.3) is 5.91 Å². The molecule has 0 N–H and O–H groups in total. The van der Waals surface area contributed by atoms with Gasteiger partial charge < -0.3 is 10.1 Å². The zero-order chi connectivity index (χ0) is 19.5. The van der Waals surface area contributed by atoms with Crippen molar-refractivity contribution in [2.75, 3.05) is 26.2 Å². The molecule has 3 aromatic rings. The maximum Gasteiger partial charge on any atom is 0.254 e. The number of nitrogens with zero attached hydrogens (tertiary/aromatic N) is 3. The molecule has 0 saturated carbocycles. The van der Waals surface area contributed by atoms with Crippen LogP contribution in [0.25, 0.3) is 10.4 Å². The second kappa shape index (κ2) is 8.08. The number of thiophene rings is 1. The summed E-state index contributed by atoms with van der Waals surface area (Å²) < 4.78 is 14.6. The monoisotopic (exact) mass is 397 g/mol. The standard InChI is InChI=1S/C21H20FN3O2S/c22-19-4-2-1-3-18(19)20-6-5-17(28-20)15-23-11-13-24(14-12-23)21(26)16-7-9-25(27)10-8-16/h1-10H,11-15H2. The lowest BCUT2D eigenvalue weighted by Gasteiger charge is -2.34. The maximum absolute atomic E-state index is 14.0. The van der Waals surface area contributed by atoms with Crippen LogP contribution < -0.4 is 4.73 Å². The molecule has 5 nitrogen and oxygen atoms in total. The van der Waals surface area contributed by atoms with Crippen LogP contribution in [0.15, 0.2) is 60.9 Å². The predicted molar refractivity (Wildman–Crippen MR) is 106 cm³/mol. The van der Waals surface area contributed by atoms with Crippen molar-refractivity contribution in [2.24, 2.45) is 0 Å². The molecule has 3 heterocycles. The Hall–Kier alpha value is -2.77. The molecule has 0 spiro atoms. The number of halogens is 1. The molecule has 1 aliphatic rings. The number of piperazine rings is 1. The summed E-state index contributed by atoms with van der Waals surface area (Å²) in [6.45, 7) is 3.66. The second-order valence-corrected chi connectivity index (χ2v) is 7.93. The zero-order valence-electron chi connectivity index (χ0n) is 15.3. The molecule has 1 fully saturated rings. The summed E-state index contributed by atoms with van der Waals surface area (Å²) in [6, 6.07) is 13.9. The number of carbonyl (C=O) groups is 1. The van der Waals surface area contributed by atoms with E-state index in [1.165, 1.54) is 23.3 Å². The number of hydrogen-bond acceptors (Lipinski definition) is 4. The van der Waals surface area contributed by atoms with Crippen molar-refractivity contribution in [1.82, 2.24) is 9.80 Å². The van der Waals surface area contributed by atoms with Gasteiger partial charge in [-0.3, -0.25) is 9.69 Å². The van der Waals surface area contributed by atoms with E-state index in [-0.39, 0.29) is 11.7 Å². The van der Waals surface area contributed by atoms with E-state index in [1.807, 2.05) is 23.1 Å². The van der Waals surface area contributed by atoms with Gasteiger partial charge in [0.1, 0.15) is 5.82 Å². The molecule has 0 bridgehead atoms. The summed E-state index contributed by atoms with van der Waals surface area (Å²) in [5, 5.41) is 11.1. The summed E-state index contributed by atoms with van der Waals surface area (Å²) in [7, 11) is 0. The van der Waals surface area contributed by atoms with Crippen molar-refractivity contribution in [3.05, 3.63) is 82.4 Å². The lowest BCUT2D eigenvalue weighted by Crippen LogP contribution is -2.48. The highest BCUT2D eigenvalue weighted by atomic mass is 32.1. The molecule has 1 saturated heterocycles. The van der Waals surface area contributed by atoms with Gasteiger partial charge in [0.05, 0.1) is 5.56 Å². The molecule has 0 unspecified atom stereocenters. The fraction of sp³-hybridized carbons (Fsp3) is 0.238. The Morgan fingerprint density at radius 3 is 2.46 bits per heavy atom. The number of pyridine rings is 1. The first-order valence-corrected chi connectivity index (χ1v) is 9.96. The first-order valence-electron chi connectivity index (χ1n) is 9.14. The summed E-state index contributed by atoms with van der Waals surface area (Å²) in [5.74, 6) is -0.246. The molecule has 0 atom stereocenters. The minimum Gasteiger partial charge on any atom is -0.619 e. The summed E-state index contributed by atoms with van der Waals surface area (Å²) in [4.78, 5) is 18.8. The quantitative estimate of drug-likeness (QED) is 0.502. The lowest BCUT2D eigenvalue weighted by atomic mass is 10.2. The van der Waals surface area contributed by atoms with Crippen molar-refractivity contribution in [2.45, 2.75) is 6.54 Å². The Morgan fingerprint density at radius 2 is 1.75 bits per heavy atom. The van der Waals surface area contributed by atoms with Crippen LogP contribution in [0.4, 0.5) is 4.39 Å². The van der Waals surface area contributed by atoms with Gasteiger partial charge in [0.2, 0.25) is 0 Å². The molecule has 28 heavy (non-hydrogen) atoms. The molecule has 7 heteroatoms. The Bertz CT molecular complexity index is 966. The third-order valence-electron chi connectivity index (χ3n) is 4.89. The number of rotatable bonds is 4. The Kier molecular flexibility index (Phi) is 5.36. The highest BCUT2D eigenvalue weighted by molar-refractivity contribution is 7.15. The van der Waals surface area contributed by atoms with Gasteiger partial charge in [-0.25, -0.2) is 4.39 Å². The number of aromatic nitrogens is 1. The molecular formula is C21H20FN3O2S. The molecule has 1 amide bonds. The number of carbonyl (C=O) groups excluding carboxylic acids is 1. The normalized spacial score (nSPS) is 15.0. The SMILES string of the molecule is O=C(c1cc[n+]([O-])cc1)N1CCN(Cc2ccc(-c3ccccc3F)s2)CC1. The van der Waals surface area contributed by atoms with Crippen LogP contribution in [-0.4, -0.2) is 41.9 Å². The predicted octanol–water partition coefficient (Wildman–Crippen LogP) is 3.15. The maximum atomic E-state index is 14.0. The van der Waals surface area contributed by atoms with Crippen LogP contribution in [0, 0.1) is 11.0 Å². The van der Waals surface area contributed by atoms with Gasteiger partial charge in [-0.1, -0.05) is 18.2 Å². The van der Waals surface area contributed by atoms with Gasteiger partial charge in [-0.2, -0.15) is 4.73 Å². The van der Waals surface area contributed by atoms with E-state index in [0.717, 1.165) is 24.5 Å². The molecule has 0 aliphatic carbocycles. The molecule has 1 aliphatic heterocycles. The van der Waals surface area contributed by atoms with Crippen molar-refractivity contribution in [3.8, 4) is 10.4 Å². The fourth-order valence-electron chi connectivity index (χ4n) is 3.34. The van der Waals surface area contributed by atoms with Crippen LogP contribution in [0.2, 0.25) is 0 Å². The van der Waals surface area contributed by atoms with E-state index in [2.05, 4.69) is 4.90 Å². The molecule has 4 rings (SSSR count). The molecular weight excluding hydrogens is 377 g/mol. The zero-order valence-corrected chi connectivity index (χ0v) is 16.1. The van der Waals surface area contributed by atoms with E-state index >= 15 is 0 Å². The van der Waals surface area contributed by atoms with Gasteiger partial charge in [-0.05, 0) is 18.2 Å². The first-order chi connectivity index (χ1) is 13.6. The van der Waals surface area contributed by atoms with E-state index < -0.39 is 0 Å². The van der Waals surface area contributed by atoms with Gasteiger partial charge in [0, 0.05) is 60.2 Å². The van der Waals surface area contributed by atoms with E-state index in [0.29, 0.717) is 28.9 Å². The third-order valence-corrected chi connectivity index (χ3v) is 5.99. The van der Waals surface area contributed by atoms with Gasteiger partial charge >= 0.3 is 0 Å². The van der Waals surface area contributed by atoms with Crippen molar-refractivity contribution in [3.63, 3.8) is 0 Å². The number of hydrogen-bond donors (Lipinski definition) is 0. The summed E-state index contributed by atoms with van der Waals surface area (Å²) >= 11 is 1.60. The highest BCUT2D eigenvalue weighted by Crippen LogP contribution is 2.30. The smallest absolute Gasteiger partial charge is 0.254 e. The highest BCUT2D eigenvalue weighted by Gasteiger charge is 2.23. The van der Waals surface area contributed by atoms with Crippen LogP contribution in [0.3, 0.4) is 0 Å². The van der Waals surface area contributed by atoms with Crippen LogP contribution in [-0.2, 0) is 6.54 Å². The largest absolute Gasteiger partial charge is 0.619 e. The van der Waals surface area contributed by atoms with Gasteiger partial charge in [-0.15, -0.1) is 11.3 Å². The van der Waals surface area contributed by atoms with Crippen molar-refractivity contribution >= 4 is 17.2 Å². The topological polar surface area (TPSA) is 50.5 Å². The minimum absolute atomic E-state index is 0.0433. The summed E-state index contributed by atoms with van der Waals surface area (Å²) in [6.07, 6.45) is 2.68. The average Bonchev–Trinajstić information content (AvgIpc) is 3.17. The molecule has 0 radical (unpaired) electrons.